The van der Waals surface area contributed by atoms with E-state index in [9.17, 15) is 18.7 Å². The summed E-state index contributed by atoms with van der Waals surface area (Å²) in [6.07, 6.45) is 1.25. The number of carboxylic acids is 1. The van der Waals surface area contributed by atoms with Gasteiger partial charge in [-0.2, -0.15) is 0 Å². The molecule has 1 aliphatic heterocycles. The number of carbonyl (C=O) groups is 1. The van der Waals surface area contributed by atoms with E-state index in [0.29, 0.717) is 13.0 Å². The van der Waals surface area contributed by atoms with Crippen molar-refractivity contribution in [1.82, 2.24) is 4.90 Å². The first-order chi connectivity index (χ1) is 12.4. The van der Waals surface area contributed by atoms with Gasteiger partial charge < -0.3 is 10.0 Å². The van der Waals surface area contributed by atoms with Crippen LogP contribution in [0.1, 0.15) is 30.0 Å². The molecule has 0 aromatic heterocycles. The Kier molecular flexibility index (Phi) is 5.23. The summed E-state index contributed by atoms with van der Waals surface area (Å²) in [5.41, 5.74) is 2.06. The molecule has 0 radical (unpaired) electrons. The van der Waals surface area contributed by atoms with Crippen molar-refractivity contribution in [1.29, 1.82) is 0 Å². The SMILES string of the molecule is CN(C)c1ccc(C(c2ccc(F)cc2F)N2CCCC2C(=O)O)cc1. The maximum atomic E-state index is 14.6. The van der Waals surface area contributed by atoms with Crippen molar-refractivity contribution in [2.45, 2.75) is 24.9 Å². The molecule has 3 rings (SSSR count). The number of likely N-dealkylation sites (tertiary alicyclic amines) is 1. The number of nitrogens with zero attached hydrogens (tertiary/aromatic N) is 2. The highest BCUT2D eigenvalue weighted by Crippen LogP contribution is 2.36. The molecule has 2 atom stereocenters. The van der Waals surface area contributed by atoms with Crippen LogP contribution in [-0.2, 0) is 4.79 Å². The smallest absolute Gasteiger partial charge is 0.320 e. The molecule has 1 saturated heterocycles. The molecule has 0 saturated carbocycles. The quantitative estimate of drug-likeness (QED) is 0.884. The zero-order valence-electron chi connectivity index (χ0n) is 14.8. The van der Waals surface area contributed by atoms with Gasteiger partial charge in [0.2, 0.25) is 0 Å². The van der Waals surface area contributed by atoms with Crippen molar-refractivity contribution in [2.75, 3.05) is 25.5 Å². The van der Waals surface area contributed by atoms with Gasteiger partial charge in [-0.3, -0.25) is 9.69 Å². The highest BCUT2D eigenvalue weighted by Gasteiger charge is 2.37. The summed E-state index contributed by atoms with van der Waals surface area (Å²) in [4.78, 5) is 15.4. The molecular weight excluding hydrogens is 338 g/mol. The van der Waals surface area contributed by atoms with Gasteiger partial charge in [0.15, 0.2) is 0 Å². The molecule has 6 heteroatoms. The summed E-state index contributed by atoms with van der Waals surface area (Å²) in [6.45, 7) is 0.549. The zero-order valence-corrected chi connectivity index (χ0v) is 14.8. The van der Waals surface area contributed by atoms with E-state index in [1.165, 1.54) is 12.1 Å². The van der Waals surface area contributed by atoms with Crippen molar-refractivity contribution < 1.29 is 18.7 Å². The van der Waals surface area contributed by atoms with E-state index >= 15 is 0 Å². The molecule has 0 amide bonds. The Morgan fingerprint density at radius 2 is 1.88 bits per heavy atom. The van der Waals surface area contributed by atoms with Crippen LogP contribution in [-0.4, -0.2) is 42.7 Å². The van der Waals surface area contributed by atoms with E-state index in [2.05, 4.69) is 0 Å². The molecule has 2 aromatic rings. The van der Waals surface area contributed by atoms with Crippen LogP contribution >= 0.6 is 0 Å². The average Bonchev–Trinajstić information content (AvgIpc) is 3.07. The van der Waals surface area contributed by atoms with Gasteiger partial charge in [-0.1, -0.05) is 18.2 Å². The number of hydrogen-bond acceptors (Lipinski definition) is 3. The molecule has 0 bridgehead atoms. The van der Waals surface area contributed by atoms with Crippen molar-refractivity contribution in [3.63, 3.8) is 0 Å². The zero-order chi connectivity index (χ0) is 18.8. The molecule has 0 aliphatic carbocycles. The van der Waals surface area contributed by atoms with E-state index in [-0.39, 0.29) is 5.56 Å². The first-order valence-electron chi connectivity index (χ1n) is 8.59. The van der Waals surface area contributed by atoms with Gasteiger partial charge in [-0.15, -0.1) is 0 Å². The highest BCUT2D eigenvalue weighted by atomic mass is 19.1. The summed E-state index contributed by atoms with van der Waals surface area (Å²) in [6, 6.07) is 9.79. The average molecular weight is 360 g/mol. The van der Waals surface area contributed by atoms with Crippen molar-refractivity contribution >= 4 is 11.7 Å². The largest absolute Gasteiger partial charge is 0.480 e. The summed E-state index contributed by atoms with van der Waals surface area (Å²) in [5, 5.41) is 9.55. The predicted molar refractivity (Wildman–Crippen MR) is 96.3 cm³/mol. The first-order valence-corrected chi connectivity index (χ1v) is 8.59. The molecule has 138 valence electrons. The molecular formula is C20H22F2N2O2. The maximum absolute atomic E-state index is 14.6. The van der Waals surface area contributed by atoms with Crippen LogP contribution in [0.2, 0.25) is 0 Å². The number of hydrogen-bond donors (Lipinski definition) is 1. The molecule has 2 unspecified atom stereocenters. The lowest BCUT2D eigenvalue weighted by atomic mass is 9.95. The topological polar surface area (TPSA) is 43.8 Å². The lowest BCUT2D eigenvalue weighted by Gasteiger charge is -2.32. The lowest BCUT2D eigenvalue weighted by molar-refractivity contribution is -0.142. The second-order valence-corrected chi connectivity index (χ2v) is 6.79. The minimum atomic E-state index is -0.917. The minimum Gasteiger partial charge on any atom is -0.480 e. The van der Waals surface area contributed by atoms with Gasteiger partial charge in [0.05, 0.1) is 6.04 Å². The second kappa shape index (κ2) is 7.41. The number of benzene rings is 2. The number of rotatable bonds is 5. The van der Waals surface area contributed by atoms with Gasteiger partial charge in [0.25, 0.3) is 0 Å². The van der Waals surface area contributed by atoms with Crippen LogP contribution in [0, 0.1) is 11.6 Å². The Bertz CT molecular complexity index is 793. The van der Waals surface area contributed by atoms with E-state index in [4.69, 9.17) is 0 Å². The van der Waals surface area contributed by atoms with Crippen molar-refractivity contribution in [2.24, 2.45) is 0 Å². The molecule has 2 aromatic carbocycles. The van der Waals surface area contributed by atoms with E-state index in [1.54, 1.807) is 4.90 Å². The highest BCUT2D eigenvalue weighted by molar-refractivity contribution is 5.74. The fourth-order valence-electron chi connectivity index (χ4n) is 3.59. The van der Waals surface area contributed by atoms with E-state index in [0.717, 1.165) is 23.7 Å². The number of halogens is 2. The van der Waals surface area contributed by atoms with Gasteiger partial charge in [0, 0.05) is 38.0 Å². The third-order valence-corrected chi connectivity index (χ3v) is 4.89. The van der Waals surface area contributed by atoms with Crippen molar-refractivity contribution in [3.8, 4) is 0 Å². The number of aliphatic carboxylic acids is 1. The fraction of sp³-hybridized carbons (Fsp3) is 0.350. The Morgan fingerprint density at radius 3 is 2.46 bits per heavy atom. The van der Waals surface area contributed by atoms with Crippen molar-refractivity contribution in [3.05, 3.63) is 65.2 Å². The predicted octanol–water partition coefficient (Wildman–Crippen LogP) is 3.67. The molecule has 1 N–H and O–H groups in total. The summed E-state index contributed by atoms with van der Waals surface area (Å²) in [5.74, 6) is -2.23. The molecule has 4 nitrogen and oxygen atoms in total. The number of anilines is 1. The Balaban J connectivity index is 2.08. The standard InChI is InChI=1S/C20H22F2N2O2/c1-23(2)15-8-5-13(6-9-15)19(16-10-7-14(21)12-17(16)22)24-11-3-4-18(24)20(25)26/h5-10,12,18-19H,3-4,11H2,1-2H3,(H,25,26). The third-order valence-electron chi connectivity index (χ3n) is 4.89. The van der Waals surface area contributed by atoms with Crippen LogP contribution in [0.3, 0.4) is 0 Å². The van der Waals surface area contributed by atoms with Gasteiger partial charge in [-0.25, -0.2) is 8.78 Å². The Labute approximate surface area is 151 Å². The maximum Gasteiger partial charge on any atom is 0.320 e. The van der Waals surface area contributed by atoms with E-state index in [1.807, 2.05) is 43.3 Å². The lowest BCUT2D eigenvalue weighted by Crippen LogP contribution is -2.39. The fourth-order valence-corrected chi connectivity index (χ4v) is 3.59. The first kappa shape index (κ1) is 18.3. The van der Waals surface area contributed by atoms with Gasteiger partial charge >= 0.3 is 5.97 Å². The Morgan fingerprint density at radius 1 is 1.19 bits per heavy atom. The second-order valence-electron chi connectivity index (χ2n) is 6.79. The monoisotopic (exact) mass is 360 g/mol. The van der Waals surface area contributed by atoms with Crippen LogP contribution in [0.4, 0.5) is 14.5 Å². The third kappa shape index (κ3) is 3.55. The molecule has 1 fully saturated rings. The molecule has 26 heavy (non-hydrogen) atoms. The van der Waals surface area contributed by atoms with Crippen LogP contribution in [0.15, 0.2) is 42.5 Å². The van der Waals surface area contributed by atoms with Gasteiger partial charge in [-0.05, 0) is 36.6 Å². The summed E-state index contributed by atoms with van der Waals surface area (Å²) >= 11 is 0. The molecule has 0 spiro atoms. The van der Waals surface area contributed by atoms with Crippen LogP contribution in [0.25, 0.3) is 0 Å². The van der Waals surface area contributed by atoms with Crippen LogP contribution in [0.5, 0.6) is 0 Å². The Hall–Kier alpha value is -2.47. The van der Waals surface area contributed by atoms with Gasteiger partial charge in [0.1, 0.15) is 17.7 Å². The van der Waals surface area contributed by atoms with E-state index < -0.39 is 29.7 Å². The summed E-state index contributed by atoms with van der Waals surface area (Å²) in [7, 11) is 3.85. The van der Waals surface area contributed by atoms with Crippen LogP contribution < -0.4 is 4.90 Å². The molecule has 1 aliphatic rings. The minimum absolute atomic E-state index is 0.289. The molecule has 1 heterocycles. The normalized spacial score (nSPS) is 18.7. The number of carboxylic acid groups (broad SMARTS) is 1. The summed E-state index contributed by atoms with van der Waals surface area (Å²) < 4.78 is 27.9.